The molecule has 0 aromatic heterocycles. The Balaban J connectivity index is 3.39. The van der Waals surface area contributed by atoms with Gasteiger partial charge in [-0.05, 0) is 55.8 Å². The minimum atomic E-state index is -3.88. The van der Waals surface area contributed by atoms with Crippen LogP contribution in [0.3, 0.4) is 0 Å². The van der Waals surface area contributed by atoms with Gasteiger partial charge >= 0.3 is 0 Å². The summed E-state index contributed by atoms with van der Waals surface area (Å²) in [5.41, 5.74) is 0.0110. The van der Waals surface area contributed by atoms with Crippen LogP contribution in [0.25, 0.3) is 0 Å². The summed E-state index contributed by atoms with van der Waals surface area (Å²) in [6, 6.07) is 1.89. The van der Waals surface area contributed by atoms with Crippen LogP contribution in [-0.4, -0.2) is 38.7 Å². The van der Waals surface area contributed by atoms with E-state index in [0.717, 1.165) is 25.1 Å². The maximum atomic E-state index is 14.1. The number of carbonyl (C=O) groups is 1. The third-order valence-corrected chi connectivity index (χ3v) is 8.04. The van der Waals surface area contributed by atoms with Crippen molar-refractivity contribution < 1.29 is 22.0 Å². The molecule has 0 heterocycles. The zero-order valence-electron chi connectivity index (χ0n) is 20.0. The van der Waals surface area contributed by atoms with Crippen molar-refractivity contribution in [1.82, 2.24) is 10.6 Å². The summed E-state index contributed by atoms with van der Waals surface area (Å²) in [4.78, 5) is 12.0. The van der Waals surface area contributed by atoms with Gasteiger partial charge in [0.25, 0.3) is 0 Å². The zero-order chi connectivity index (χ0) is 24.3. The van der Waals surface area contributed by atoms with Gasteiger partial charge in [-0.3, -0.25) is 4.79 Å². The quantitative estimate of drug-likeness (QED) is 0.361. The van der Waals surface area contributed by atoms with Crippen LogP contribution >= 0.6 is 0 Å². The summed E-state index contributed by atoms with van der Waals surface area (Å²) in [5.74, 6) is -1.59. The molecule has 0 saturated carbocycles. The molecule has 1 aromatic rings. The van der Waals surface area contributed by atoms with Crippen molar-refractivity contribution in [3.63, 3.8) is 0 Å². The van der Waals surface area contributed by atoms with E-state index in [0.29, 0.717) is 44.2 Å². The smallest absolute Gasteiger partial charge is 0.217 e. The first kappa shape index (κ1) is 28.5. The topological polar surface area (TPSA) is 75.3 Å². The Hall–Kier alpha value is -1.54. The van der Waals surface area contributed by atoms with Crippen molar-refractivity contribution in [2.45, 2.75) is 83.3 Å². The highest BCUT2D eigenvalue weighted by atomic mass is 32.2. The molecule has 0 aliphatic carbocycles. The van der Waals surface area contributed by atoms with Gasteiger partial charge in [-0.25, -0.2) is 17.2 Å². The van der Waals surface area contributed by atoms with Gasteiger partial charge in [0.05, 0.1) is 11.3 Å². The zero-order valence-corrected chi connectivity index (χ0v) is 20.8. The second-order valence-electron chi connectivity index (χ2n) is 8.76. The fourth-order valence-corrected chi connectivity index (χ4v) is 6.51. The first-order chi connectivity index (χ1) is 15.0. The van der Waals surface area contributed by atoms with E-state index in [9.17, 15) is 22.0 Å². The van der Waals surface area contributed by atoms with E-state index < -0.39 is 43.9 Å². The molecule has 1 aromatic carbocycles. The van der Waals surface area contributed by atoms with Crippen molar-refractivity contribution in [3.05, 3.63) is 41.8 Å². The Morgan fingerprint density at radius 1 is 1.03 bits per heavy atom. The number of sulfone groups is 1. The summed E-state index contributed by atoms with van der Waals surface area (Å²) in [5, 5.41) is 3.99. The van der Waals surface area contributed by atoms with Gasteiger partial charge in [0.15, 0.2) is 9.84 Å². The average molecular weight is 474 g/mol. The molecule has 2 atom stereocenters. The van der Waals surface area contributed by atoms with E-state index >= 15 is 0 Å². The highest BCUT2D eigenvalue weighted by Crippen LogP contribution is 2.34. The Morgan fingerprint density at radius 2 is 1.59 bits per heavy atom. The van der Waals surface area contributed by atoms with Crippen molar-refractivity contribution in [1.29, 1.82) is 0 Å². The third-order valence-electron chi connectivity index (χ3n) is 5.36. The molecule has 0 saturated heterocycles. The largest absolute Gasteiger partial charge is 0.352 e. The lowest BCUT2D eigenvalue weighted by atomic mass is 10.0. The molecule has 0 aliphatic rings. The van der Waals surface area contributed by atoms with Crippen LogP contribution in [-0.2, 0) is 14.6 Å². The van der Waals surface area contributed by atoms with Crippen LogP contribution in [0.2, 0.25) is 0 Å². The summed E-state index contributed by atoms with van der Waals surface area (Å²) in [6.07, 6.45) is 4.86. The summed E-state index contributed by atoms with van der Waals surface area (Å²) < 4.78 is 55.8. The number of carbonyl (C=O) groups excluding carboxylic acids is 1. The van der Waals surface area contributed by atoms with Crippen molar-refractivity contribution in [2.24, 2.45) is 5.92 Å². The minimum Gasteiger partial charge on any atom is -0.352 e. The lowest BCUT2D eigenvalue weighted by molar-refractivity contribution is -0.119. The number of nitrogens with one attached hydrogen (secondary N) is 2. The fraction of sp³-hybridized carbons (Fsp3) is 0.667. The van der Waals surface area contributed by atoms with Crippen LogP contribution in [0.5, 0.6) is 0 Å². The van der Waals surface area contributed by atoms with Crippen LogP contribution in [0.15, 0.2) is 18.2 Å². The molecular formula is C24H39F2N2O3S. The molecule has 183 valence electrons. The Kier molecular flexibility index (Phi) is 12.4. The third kappa shape index (κ3) is 9.14. The van der Waals surface area contributed by atoms with Crippen molar-refractivity contribution in [2.75, 3.05) is 13.1 Å². The molecule has 0 aliphatic heterocycles. The van der Waals surface area contributed by atoms with Crippen LogP contribution in [0.4, 0.5) is 8.78 Å². The Morgan fingerprint density at radius 3 is 2.06 bits per heavy atom. The predicted molar refractivity (Wildman–Crippen MR) is 126 cm³/mol. The van der Waals surface area contributed by atoms with Gasteiger partial charge in [-0.1, -0.05) is 40.5 Å². The van der Waals surface area contributed by atoms with E-state index in [1.165, 1.54) is 6.92 Å². The van der Waals surface area contributed by atoms with Gasteiger partial charge < -0.3 is 10.6 Å². The highest BCUT2D eigenvalue weighted by Gasteiger charge is 2.40. The molecule has 1 unspecified atom stereocenters. The molecule has 2 N–H and O–H groups in total. The van der Waals surface area contributed by atoms with E-state index in [-0.39, 0.29) is 5.56 Å². The SMILES string of the molecule is CCCC(CCC)S(=O)(=O)C(c1cc(F)cc(F)c1)[C@H]([CH]CNCCC(C)C)NC(C)=O. The molecule has 32 heavy (non-hydrogen) atoms. The van der Waals surface area contributed by atoms with E-state index in [2.05, 4.69) is 24.5 Å². The molecule has 8 heteroatoms. The predicted octanol–water partition coefficient (Wildman–Crippen LogP) is 4.73. The van der Waals surface area contributed by atoms with Gasteiger partial charge in [-0.15, -0.1) is 0 Å². The molecule has 1 rings (SSSR count). The number of benzene rings is 1. The highest BCUT2D eigenvalue weighted by molar-refractivity contribution is 7.92. The fourth-order valence-electron chi connectivity index (χ4n) is 3.86. The standard InChI is InChI=1S/C24H39F2N2O3S/c1-6-8-22(9-7-2)32(30,31)24(19-14-20(25)16-21(26)15-19)23(28-18(5)29)11-13-27-12-10-17(3)4/h11,14-17,22-24,27H,6-10,12-13H2,1-5H3,(H,28,29)/t23-,24?/m0/s1. The first-order valence-electron chi connectivity index (χ1n) is 11.5. The molecule has 1 radical (unpaired) electrons. The summed E-state index contributed by atoms with van der Waals surface area (Å²) in [7, 11) is -3.88. The normalized spacial score (nSPS) is 14.0. The van der Waals surface area contributed by atoms with E-state index in [4.69, 9.17) is 0 Å². The first-order valence-corrected chi connectivity index (χ1v) is 13.1. The van der Waals surface area contributed by atoms with Crippen LogP contribution in [0, 0.1) is 24.0 Å². The Bertz CT molecular complexity index is 789. The monoisotopic (exact) mass is 473 g/mol. The summed E-state index contributed by atoms with van der Waals surface area (Å²) >= 11 is 0. The van der Waals surface area contributed by atoms with Gasteiger partial charge in [0.1, 0.15) is 16.9 Å². The van der Waals surface area contributed by atoms with Gasteiger partial charge in [0.2, 0.25) is 5.91 Å². The van der Waals surface area contributed by atoms with Crippen molar-refractivity contribution in [3.8, 4) is 0 Å². The van der Waals surface area contributed by atoms with Crippen LogP contribution < -0.4 is 10.6 Å². The number of halogens is 2. The second kappa shape index (κ2) is 13.9. The molecular weight excluding hydrogens is 434 g/mol. The lowest BCUT2D eigenvalue weighted by Gasteiger charge is -2.31. The second-order valence-corrected chi connectivity index (χ2v) is 11.1. The Labute approximate surface area is 192 Å². The van der Waals surface area contributed by atoms with E-state index in [1.54, 1.807) is 6.42 Å². The van der Waals surface area contributed by atoms with E-state index in [1.807, 2.05) is 13.8 Å². The van der Waals surface area contributed by atoms with Crippen molar-refractivity contribution >= 4 is 15.7 Å². The maximum absolute atomic E-state index is 14.1. The number of amides is 1. The lowest BCUT2D eigenvalue weighted by Crippen LogP contribution is -2.45. The van der Waals surface area contributed by atoms with Crippen LogP contribution in [0.1, 0.15) is 77.5 Å². The van der Waals surface area contributed by atoms with Gasteiger partial charge in [-0.2, -0.15) is 0 Å². The number of hydrogen-bond donors (Lipinski definition) is 2. The molecule has 0 bridgehead atoms. The minimum absolute atomic E-state index is 0.0110. The van der Waals surface area contributed by atoms with Gasteiger partial charge in [0, 0.05) is 19.5 Å². The molecule has 5 nitrogen and oxygen atoms in total. The molecule has 0 fully saturated rings. The molecule has 0 spiro atoms. The number of rotatable bonds is 15. The summed E-state index contributed by atoms with van der Waals surface area (Å²) in [6.45, 7) is 10.4. The number of hydrogen-bond acceptors (Lipinski definition) is 4. The average Bonchev–Trinajstić information content (AvgIpc) is 2.65. The molecule has 1 amide bonds. The maximum Gasteiger partial charge on any atom is 0.217 e.